The number of sulfone groups is 1. The highest BCUT2D eigenvalue weighted by Gasteiger charge is 2.43. The zero-order valence-electron chi connectivity index (χ0n) is 19.7. The predicted octanol–water partition coefficient (Wildman–Crippen LogP) is 6.22. The summed E-state index contributed by atoms with van der Waals surface area (Å²) in [5, 5.41) is 8.98. The van der Waals surface area contributed by atoms with Crippen LogP contribution in [0.15, 0.2) is 70.6 Å². The number of hydrogen-bond donors (Lipinski definition) is 3. The van der Waals surface area contributed by atoms with E-state index in [2.05, 4.69) is 4.98 Å². The summed E-state index contributed by atoms with van der Waals surface area (Å²) in [4.78, 5) is 13.5. The van der Waals surface area contributed by atoms with Crippen LogP contribution in [0.5, 0.6) is 11.5 Å². The third-order valence-corrected chi connectivity index (χ3v) is 7.61. The van der Waals surface area contributed by atoms with Crippen molar-refractivity contribution in [2.45, 2.75) is 35.1 Å². The zero-order valence-corrected chi connectivity index (χ0v) is 20.5. The molecule has 0 aliphatic heterocycles. The van der Waals surface area contributed by atoms with Gasteiger partial charge in [0.25, 0.3) is 0 Å². The standard InChI is InChI=1S/C25H18F6N2O5S/c1-12-2-5-15(6-3-12)39(36,37)20-11-33-19-7-4-14(10-16(19)20)38-22-17(24(26,27)28)8-13(21(32)23(34)35)9-18(22)25(29,30)31/h2-11,21,33H,32H2,1H3,(H,34,35)/t21-/m1/s1. The van der Waals surface area contributed by atoms with Gasteiger partial charge in [-0.15, -0.1) is 0 Å². The van der Waals surface area contributed by atoms with Gasteiger partial charge in [-0.05, 0) is 55.0 Å². The van der Waals surface area contributed by atoms with Crippen molar-refractivity contribution in [3.8, 4) is 11.5 Å². The molecular formula is C25H18F6N2O5S. The number of aromatic nitrogens is 1. The molecule has 0 aliphatic rings. The Bertz CT molecular complexity index is 1640. The number of aryl methyl sites for hydroxylation is 1. The summed E-state index contributed by atoms with van der Waals surface area (Å²) in [7, 11) is -4.13. The van der Waals surface area contributed by atoms with E-state index in [1.807, 2.05) is 0 Å². The van der Waals surface area contributed by atoms with Gasteiger partial charge in [0.15, 0.2) is 5.75 Å². The molecule has 1 heterocycles. The highest BCUT2D eigenvalue weighted by Crippen LogP contribution is 2.47. The maximum Gasteiger partial charge on any atom is 0.420 e. The molecule has 1 atom stereocenters. The molecule has 0 amide bonds. The number of carbonyl (C=O) groups is 1. The van der Waals surface area contributed by atoms with Crippen molar-refractivity contribution >= 4 is 26.7 Å². The van der Waals surface area contributed by atoms with E-state index in [-0.39, 0.29) is 32.8 Å². The Hall–Kier alpha value is -4.04. The fourth-order valence-electron chi connectivity index (χ4n) is 3.83. The number of carboxylic acids is 1. The molecule has 0 bridgehead atoms. The van der Waals surface area contributed by atoms with Gasteiger partial charge >= 0.3 is 18.3 Å². The van der Waals surface area contributed by atoms with Crippen molar-refractivity contribution in [1.29, 1.82) is 0 Å². The number of rotatable bonds is 6. The lowest BCUT2D eigenvalue weighted by atomic mass is 9.98. The summed E-state index contributed by atoms with van der Waals surface area (Å²) in [5.74, 6) is -4.02. The fraction of sp³-hybridized carbons (Fsp3) is 0.160. The summed E-state index contributed by atoms with van der Waals surface area (Å²) in [6, 6.07) is 7.29. The first-order valence-corrected chi connectivity index (χ1v) is 12.4. The minimum atomic E-state index is -5.40. The second-order valence-corrected chi connectivity index (χ2v) is 10.5. The van der Waals surface area contributed by atoms with Crippen molar-refractivity contribution in [3.05, 3.63) is 83.0 Å². The Labute approximate surface area is 216 Å². The van der Waals surface area contributed by atoms with E-state index in [4.69, 9.17) is 15.6 Å². The number of hydrogen-bond acceptors (Lipinski definition) is 5. The van der Waals surface area contributed by atoms with Gasteiger partial charge in [0.2, 0.25) is 9.84 Å². The van der Waals surface area contributed by atoms with Crippen LogP contribution in [0, 0.1) is 6.92 Å². The van der Waals surface area contributed by atoms with E-state index < -0.39 is 62.4 Å². The van der Waals surface area contributed by atoms with Crippen molar-refractivity contribution in [1.82, 2.24) is 4.98 Å². The molecular weight excluding hydrogens is 554 g/mol. The smallest absolute Gasteiger partial charge is 0.420 e. The van der Waals surface area contributed by atoms with E-state index in [0.717, 1.165) is 23.9 Å². The highest BCUT2D eigenvalue weighted by atomic mass is 32.2. The number of halogens is 6. The van der Waals surface area contributed by atoms with Crippen molar-refractivity contribution in [2.75, 3.05) is 0 Å². The molecule has 4 rings (SSSR count). The second kappa shape index (κ2) is 9.61. The molecule has 0 fully saturated rings. The lowest BCUT2D eigenvalue weighted by molar-refractivity contribution is -0.146. The number of benzene rings is 3. The Morgan fingerprint density at radius 3 is 2.03 bits per heavy atom. The van der Waals surface area contributed by atoms with Gasteiger partial charge in [-0.25, -0.2) is 8.42 Å². The molecule has 206 valence electrons. The Morgan fingerprint density at radius 2 is 1.51 bits per heavy atom. The number of nitrogens with one attached hydrogen (secondary N) is 1. The molecule has 4 aromatic rings. The Kier molecular flexibility index (Phi) is 6.89. The summed E-state index contributed by atoms with van der Waals surface area (Å²) < 4.78 is 115. The minimum absolute atomic E-state index is 0.0419. The van der Waals surface area contributed by atoms with Crippen LogP contribution in [0.25, 0.3) is 10.9 Å². The Morgan fingerprint density at radius 1 is 0.949 bits per heavy atom. The number of fused-ring (bicyclic) bond motifs is 1. The van der Waals surface area contributed by atoms with Crippen LogP contribution in [-0.2, 0) is 27.0 Å². The van der Waals surface area contributed by atoms with Crippen LogP contribution in [0.4, 0.5) is 26.3 Å². The van der Waals surface area contributed by atoms with Crippen LogP contribution >= 0.6 is 0 Å². The van der Waals surface area contributed by atoms with Gasteiger partial charge in [0, 0.05) is 17.1 Å². The normalized spacial score (nSPS) is 13.4. The van der Waals surface area contributed by atoms with Crippen LogP contribution in [0.3, 0.4) is 0 Å². The van der Waals surface area contributed by atoms with Crippen molar-refractivity contribution in [3.63, 3.8) is 0 Å². The van der Waals surface area contributed by atoms with Gasteiger partial charge in [-0.2, -0.15) is 26.3 Å². The van der Waals surface area contributed by atoms with Crippen molar-refractivity contribution < 1.29 is 49.4 Å². The summed E-state index contributed by atoms with van der Waals surface area (Å²) in [5.41, 5.74) is 1.54. The minimum Gasteiger partial charge on any atom is -0.480 e. The van der Waals surface area contributed by atoms with Gasteiger partial charge in [-0.1, -0.05) is 17.7 Å². The first-order valence-electron chi connectivity index (χ1n) is 10.9. The number of ether oxygens (including phenoxy) is 1. The number of aromatic amines is 1. The SMILES string of the molecule is Cc1ccc(S(=O)(=O)c2c[nH]c3ccc(Oc4c(C(F)(F)F)cc([C@@H](N)C(=O)O)cc4C(F)(F)F)cc23)cc1. The van der Waals surface area contributed by atoms with Gasteiger partial charge in [0.1, 0.15) is 11.8 Å². The van der Waals surface area contributed by atoms with Crippen LogP contribution in [0.1, 0.15) is 28.3 Å². The molecule has 0 saturated heterocycles. The third-order valence-electron chi connectivity index (χ3n) is 5.80. The largest absolute Gasteiger partial charge is 0.480 e. The fourth-order valence-corrected chi connectivity index (χ4v) is 5.25. The average molecular weight is 572 g/mol. The molecule has 0 radical (unpaired) electrons. The number of nitrogens with two attached hydrogens (primary N) is 1. The van der Waals surface area contributed by atoms with Crippen LogP contribution in [0.2, 0.25) is 0 Å². The molecule has 39 heavy (non-hydrogen) atoms. The first kappa shape index (κ1) is 28.0. The Balaban J connectivity index is 1.89. The number of H-pyrrole nitrogens is 1. The quantitative estimate of drug-likeness (QED) is 0.236. The van der Waals surface area contributed by atoms with Crippen molar-refractivity contribution in [2.24, 2.45) is 5.73 Å². The van der Waals surface area contributed by atoms with Gasteiger partial charge in [-0.3, -0.25) is 4.79 Å². The van der Waals surface area contributed by atoms with E-state index in [0.29, 0.717) is 0 Å². The molecule has 0 aliphatic carbocycles. The highest BCUT2D eigenvalue weighted by molar-refractivity contribution is 7.91. The van der Waals surface area contributed by atoms with Crippen LogP contribution in [-0.4, -0.2) is 24.5 Å². The summed E-state index contributed by atoms with van der Waals surface area (Å²) in [6.07, 6.45) is -9.66. The van der Waals surface area contributed by atoms with E-state index in [1.54, 1.807) is 19.1 Å². The first-order chi connectivity index (χ1) is 18.0. The lowest BCUT2D eigenvalue weighted by Crippen LogP contribution is -2.23. The number of alkyl halides is 6. The molecule has 4 N–H and O–H groups in total. The third kappa shape index (κ3) is 5.43. The van der Waals surface area contributed by atoms with Gasteiger partial charge in [0.05, 0.1) is 20.9 Å². The summed E-state index contributed by atoms with van der Waals surface area (Å²) >= 11 is 0. The van der Waals surface area contributed by atoms with Crippen LogP contribution < -0.4 is 10.5 Å². The van der Waals surface area contributed by atoms with E-state index >= 15 is 0 Å². The maximum atomic E-state index is 13.9. The van der Waals surface area contributed by atoms with Gasteiger partial charge < -0.3 is 20.6 Å². The number of aliphatic carboxylic acids is 1. The zero-order chi connectivity index (χ0) is 28.9. The molecule has 0 spiro atoms. The molecule has 7 nitrogen and oxygen atoms in total. The van der Waals surface area contributed by atoms with E-state index in [9.17, 15) is 39.6 Å². The summed E-state index contributed by atoms with van der Waals surface area (Å²) in [6.45, 7) is 1.75. The molecule has 3 aromatic carbocycles. The number of carboxylic acid groups (broad SMARTS) is 1. The molecule has 1 aromatic heterocycles. The monoisotopic (exact) mass is 572 g/mol. The molecule has 0 saturated carbocycles. The maximum absolute atomic E-state index is 13.9. The lowest BCUT2D eigenvalue weighted by Gasteiger charge is -2.21. The second-order valence-electron chi connectivity index (χ2n) is 8.54. The average Bonchev–Trinajstić information content (AvgIpc) is 3.26. The topological polar surface area (TPSA) is 122 Å². The van der Waals surface area contributed by atoms with E-state index in [1.165, 1.54) is 18.2 Å². The molecule has 14 heteroatoms. The predicted molar refractivity (Wildman–Crippen MR) is 126 cm³/mol. The molecule has 0 unspecified atom stereocenters.